The summed E-state index contributed by atoms with van der Waals surface area (Å²) < 4.78 is 1.41. The Morgan fingerprint density at radius 3 is 2.56 bits per heavy atom. The summed E-state index contributed by atoms with van der Waals surface area (Å²) in [7, 11) is 1.61. The number of thiophene rings is 1. The fourth-order valence-electron chi connectivity index (χ4n) is 2.84. The maximum absolute atomic E-state index is 13.1. The van der Waals surface area contributed by atoms with E-state index in [4.69, 9.17) is 11.6 Å². The summed E-state index contributed by atoms with van der Waals surface area (Å²) in [6.45, 7) is 4.00. The zero-order valence-electron chi connectivity index (χ0n) is 14.0. The van der Waals surface area contributed by atoms with Gasteiger partial charge in [0.1, 0.15) is 16.1 Å². The molecule has 0 aliphatic carbocycles. The molecule has 0 atom stereocenters. The number of aromatic nitrogens is 1. The first kappa shape index (κ1) is 17.5. The van der Waals surface area contributed by atoms with Crippen molar-refractivity contribution in [1.82, 2.24) is 4.57 Å². The third-order valence-electron chi connectivity index (χ3n) is 4.17. The number of amides is 1. The lowest BCUT2D eigenvalue weighted by atomic mass is 10.1. The Hall–Kier alpha value is -2.31. The van der Waals surface area contributed by atoms with E-state index >= 15 is 0 Å². The monoisotopic (exact) mass is 376 g/mol. The molecule has 1 N–H and O–H groups in total. The second-order valence-corrected chi connectivity index (χ2v) is 7.01. The molecule has 2 aromatic heterocycles. The Kier molecular flexibility index (Phi) is 4.58. The molecular formula is C18H17ClN2O3S. The molecule has 0 aliphatic heterocycles. The van der Waals surface area contributed by atoms with E-state index in [0.717, 1.165) is 5.56 Å². The minimum Gasteiger partial charge on any atom is -0.506 e. The molecule has 0 saturated heterocycles. The maximum atomic E-state index is 13.1. The third kappa shape index (κ3) is 2.81. The van der Waals surface area contributed by atoms with Gasteiger partial charge in [0.05, 0.1) is 5.39 Å². The predicted octanol–water partition coefficient (Wildman–Crippen LogP) is 3.93. The number of rotatable bonds is 3. The Balaban J connectivity index is 2.20. The van der Waals surface area contributed by atoms with Crippen molar-refractivity contribution >= 4 is 44.7 Å². The molecule has 5 nitrogen and oxygen atoms in total. The van der Waals surface area contributed by atoms with Gasteiger partial charge in [-0.25, -0.2) is 0 Å². The number of benzene rings is 1. The second kappa shape index (κ2) is 6.54. The fraction of sp³-hybridized carbons (Fsp3) is 0.222. The van der Waals surface area contributed by atoms with Crippen LogP contribution in [0, 0.1) is 6.92 Å². The van der Waals surface area contributed by atoms with Crippen LogP contribution in [-0.4, -0.2) is 22.1 Å². The van der Waals surface area contributed by atoms with Gasteiger partial charge in [0.2, 0.25) is 0 Å². The van der Waals surface area contributed by atoms with Gasteiger partial charge in [-0.05, 0) is 49.1 Å². The second-order valence-electron chi connectivity index (χ2n) is 5.71. The summed E-state index contributed by atoms with van der Waals surface area (Å²) in [5.74, 6) is -0.787. The van der Waals surface area contributed by atoms with Gasteiger partial charge in [-0.2, -0.15) is 0 Å². The molecule has 1 aromatic carbocycles. The largest absolute Gasteiger partial charge is 0.506 e. The summed E-state index contributed by atoms with van der Waals surface area (Å²) in [5, 5.41) is 13.6. The minimum absolute atomic E-state index is 0.215. The number of hydrogen-bond donors (Lipinski definition) is 1. The maximum Gasteiger partial charge on any atom is 0.268 e. The van der Waals surface area contributed by atoms with Crippen molar-refractivity contribution in [3.05, 3.63) is 56.1 Å². The molecule has 0 unspecified atom stereocenters. The summed E-state index contributed by atoms with van der Waals surface area (Å²) in [6.07, 6.45) is 0. The zero-order chi connectivity index (χ0) is 18.3. The lowest BCUT2D eigenvalue weighted by Gasteiger charge is -2.22. The highest BCUT2D eigenvalue weighted by Crippen LogP contribution is 2.34. The molecule has 0 saturated carbocycles. The standard InChI is InChI=1S/C18H17ClN2O3S/c1-4-21(12-7-5-11(19)6-8-12)17(24)14-15(22)13-10(2)9-25-18(13)20(3)16(14)23/h5-9,22H,4H2,1-3H3. The van der Waals surface area contributed by atoms with Crippen molar-refractivity contribution in [2.75, 3.05) is 11.4 Å². The van der Waals surface area contributed by atoms with Gasteiger partial charge in [0.25, 0.3) is 11.5 Å². The number of carbonyl (C=O) groups is 1. The van der Waals surface area contributed by atoms with Crippen molar-refractivity contribution in [1.29, 1.82) is 0 Å². The van der Waals surface area contributed by atoms with Crippen LogP contribution in [0.25, 0.3) is 10.2 Å². The smallest absolute Gasteiger partial charge is 0.268 e. The third-order valence-corrected chi connectivity index (χ3v) is 5.59. The van der Waals surface area contributed by atoms with Gasteiger partial charge < -0.3 is 14.6 Å². The molecule has 0 fully saturated rings. The number of aromatic hydroxyl groups is 1. The van der Waals surface area contributed by atoms with E-state index in [1.165, 1.54) is 20.8 Å². The van der Waals surface area contributed by atoms with Gasteiger partial charge in [-0.3, -0.25) is 9.59 Å². The lowest BCUT2D eigenvalue weighted by Crippen LogP contribution is -2.36. The Bertz CT molecular complexity index is 1020. The molecule has 0 aliphatic rings. The highest BCUT2D eigenvalue weighted by atomic mass is 35.5. The number of anilines is 1. The molecule has 0 bridgehead atoms. The number of hydrogen-bond acceptors (Lipinski definition) is 4. The molecule has 130 valence electrons. The van der Waals surface area contributed by atoms with Gasteiger partial charge >= 0.3 is 0 Å². The SMILES string of the molecule is CCN(C(=O)c1c(O)c2c(C)csc2n(C)c1=O)c1ccc(Cl)cc1. The van der Waals surface area contributed by atoms with Crippen LogP contribution in [0.1, 0.15) is 22.8 Å². The van der Waals surface area contributed by atoms with Crippen LogP contribution in [0.15, 0.2) is 34.4 Å². The Labute approximate surface area is 153 Å². The van der Waals surface area contributed by atoms with Crippen LogP contribution in [0.4, 0.5) is 5.69 Å². The molecule has 7 heteroatoms. The molecule has 1 amide bonds. The average Bonchev–Trinajstić information content (AvgIpc) is 2.97. The average molecular weight is 377 g/mol. The number of pyridine rings is 1. The molecular weight excluding hydrogens is 360 g/mol. The van der Waals surface area contributed by atoms with E-state index in [1.807, 2.05) is 19.2 Å². The Morgan fingerprint density at radius 1 is 1.32 bits per heavy atom. The van der Waals surface area contributed by atoms with Gasteiger partial charge in [-0.1, -0.05) is 11.6 Å². The van der Waals surface area contributed by atoms with Crippen molar-refractivity contribution in [3.8, 4) is 5.75 Å². The minimum atomic E-state index is -0.532. The van der Waals surface area contributed by atoms with Crippen LogP contribution >= 0.6 is 22.9 Å². The lowest BCUT2D eigenvalue weighted by molar-refractivity contribution is 0.0984. The quantitative estimate of drug-likeness (QED) is 0.753. The zero-order valence-corrected chi connectivity index (χ0v) is 15.6. The number of aryl methyl sites for hydroxylation is 2. The van der Waals surface area contributed by atoms with E-state index in [0.29, 0.717) is 27.5 Å². The first-order valence-corrected chi connectivity index (χ1v) is 8.99. The van der Waals surface area contributed by atoms with Crippen molar-refractivity contribution in [2.24, 2.45) is 7.05 Å². The van der Waals surface area contributed by atoms with Gasteiger partial charge in [-0.15, -0.1) is 11.3 Å². The number of nitrogens with zero attached hydrogens (tertiary/aromatic N) is 2. The molecule has 3 aromatic rings. The van der Waals surface area contributed by atoms with Crippen LogP contribution in [0.3, 0.4) is 0 Å². The molecule has 3 rings (SSSR count). The molecule has 0 radical (unpaired) electrons. The summed E-state index contributed by atoms with van der Waals surface area (Å²) in [6, 6.07) is 6.77. The highest BCUT2D eigenvalue weighted by Gasteiger charge is 2.27. The molecule has 25 heavy (non-hydrogen) atoms. The fourth-order valence-corrected chi connectivity index (χ4v) is 3.99. The predicted molar refractivity (Wildman–Crippen MR) is 102 cm³/mol. The summed E-state index contributed by atoms with van der Waals surface area (Å²) >= 11 is 7.27. The van der Waals surface area contributed by atoms with E-state index < -0.39 is 11.5 Å². The number of carbonyl (C=O) groups excluding carboxylic acids is 1. The van der Waals surface area contributed by atoms with E-state index in [1.54, 1.807) is 31.3 Å². The van der Waals surface area contributed by atoms with Crippen molar-refractivity contribution < 1.29 is 9.90 Å². The molecule has 0 spiro atoms. The van der Waals surface area contributed by atoms with Crippen LogP contribution in [0.2, 0.25) is 5.02 Å². The van der Waals surface area contributed by atoms with E-state index in [-0.39, 0.29) is 11.3 Å². The molecule has 2 heterocycles. The summed E-state index contributed by atoms with van der Waals surface area (Å²) in [4.78, 5) is 27.8. The van der Waals surface area contributed by atoms with Crippen LogP contribution < -0.4 is 10.5 Å². The summed E-state index contributed by atoms with van der Waals surface area (Å²) in [5.41, 5.74) is 0.717. The number of halogens is 1. The number of fused-ring (bicyclic) bond motifs is 1. The first-order valence-electron chi connectivity index (χ1n) is 7.74. The Morgan fingerprint density at radius 2 is 1.96 bits per heavy atom. The van der Waals surface area contributed by atoms with Crippen LogP contribution in [-0.2, 0) is 7.05 Å². The van der Waals surface area contributed by atoms with E-state index in [2.05, 4.69) is 0 Å². The first-order chi connectivity index (χ1) is 11.9. The van der Waals surface area contributed by atoms with E-state index in [9.17, 15) is 14.7 Å². The van der Waals surface area contributed by atoms with Gasteiger partial charge in [0, 0.05) is 24.3 Å². The van der Waals surface area contributed by atoms with Gasteiger partial charge in [0.15, 0.2) is 0 Å². The van der Waals surface area contributed by atoms with Crippen LogP contribution in [0.5, 0.6) is 5.75 Å². The van der Waals surface area contributed by atoms with Crippen molar-refractivity contribution in [2.45, 2.75) is 13.8 Å². The highest BCUT2D eigenvalue weighted by molar-refractivity contribution is 7.17. The normalized spacial score (nSPS) is 11.0. The topological polar surface area (TPSA) is 62.5 Å². The van der Waals surface area contributed by atoms with Crippen molar-refractivity contribution in [3.63, 3.8) is 0 Å².